The molecule has 4 nitrogen and oxygen atoms in total. The van der Waals surface area contributed by atoms with E-state index in [1.54, 1.807) is 12.1 Å². The van der Waals surface area contributed by atoms with E-state index < -0.39 is 6.10 Å². The summed E-state index contributed by atoms with van der Waals surface area (Å²) >= 11 is 0. The van der Waals surface area contributed by atoms with Crippen LogP contribution in [0.4, 0.5) is 0 Å². The molecule has 3 aliphatic heterocycles. The number of aromatic nitrogens is 1. The third kappa shape index (κ3) is 3.68. The Labute approximate surface area is 184 Å². The maximum absolute atomic E-state index is 11.5. The highest BCUT2D eigenvalue weighted by Crippen LogP contribution is 2.43. The van der Waals surface area contributed by atoms with Gasteiger partial charge in [0, 0.05) is 23.5 Å². The molecular formula is C25H29ClN2O2. The summed E-state index contributed by atoms with van der Waals surface area (Å²) in [7, 11) is 0. The van der Waals surface area contributed by atoms with Crippen molar-refractivity contribution in [2.45, 2.75) is 38.3 Å². The van der Waals surface area contributed by atoms with Crippen molar-refractivity contribution in [1.82, 2.24) is 9.88 Å². The normalized spacial score (nSPS) is 26.3. The molecule has 30 heavy (non-hydrogen) atoms. The number of rotatable bonds is 4. The second kappa shape index (κ2) is 8.54. The lowest BCUT2D eigenvalue weighted by Crippen LogP contribution is -2.55. The molecule has 5 heteroatoms. The van der Waals surface area contributed by atoms with Crippen LogP contribution in [0.1, 0.15) is 37.9 Å². The summed E-state index contributed by atoms with van der Waals surface area (Å²) in [5.41, 5.74) is 3.57. The van der Waals surface area contributed by atoms with E-state index in [2.05, 4.69) is 11.8 Å². The maximum Gasteiger partial charge on any atom is 0.116 e. The molecule has 1 unspecified atom stereocenters. The van der Waals surface area contributed by atoms with Gasteiger partial charge in [-0.25, -0.2) is 4.98 Å². The zero-order chi connectivity index (χ0) is 20.0. The third-order valence-electron chi connectivity index (χ3n) is 7.04. The van der Waals surface area contributed by atoms with Gasteiger partial charge in [0.2, 0.25) is 0 Å². The minimum absolute atomic E-state index is 0. The number of aliphatic hydroxyl groups is 1. The molecule has 4 heterocycles. The van der Waals surface area contributed by atoms with Crippen molar-refractivity contribution in [2.24, 2.45) is 11.8 Å². The first-order valence-electron chi connectivity index (χ1n) is 10.7. The van der Waals surface area contributed by atoms with Crippen LogP contribution in [0.5, 0.6) is 5.75 Å². The fourth-order valence-corrected chi connectivity index (χ4v) is 5.42. The second-order valence-electron chi connectivity index (χ2n) is 8.62. The number of aromatic hydroxyl groups is 1. The molecule has 2 N–H and O–H groups in total. The molecule has 0 radical (unpaired) electrons. The molecule has 0 spiro atoms. The molecule has 0 saturated carbocycles. The summed E-state index contributed by atoms with van der Waals surface area (Å²) in [6.07, 6.45) is 2.91. The predicted molar refractivity (Wildman–Crippen MR) is 123 cm³/mol. The summed E-state index contributed by atoms with van der Waals surface area (Å²) < 4.78 is 0. The number of phenolic OH excluding ortho intramolecular Hbond substituents is 1. The van der Waals surface area contributed by atoms with E-state index in [1.807, 2.05) is 42.5 Å². The van der Waals surface area contributed by atoms with Crippen LogP contribution in [-0.4, -0.2) is 39.2 Å². The van der Waals surface area contributed by atoms with E-state index in [1.165, 1.54) is 12.8 Å². The molecule has 5 atom stereocenters. The van der Waals surface area contributed by atoms with E-state index in [4.69, 9.17) is 4.98 Å². The van der Waals surface area contributed by atoms with Crippen LogP contribution in [0.3, 0.4) is 0 Å². The Hall–Kier alpha value is -2.14. The van der Waals surface area contributed by atoms with Crippen molar-refractivity contribution < 1.29 is 10.2 Å². The number of pyridine rings is 1. The first kappa shape index (κ1) is 21.1. The topological polar surface area (TPSA) is 56.6 Å². The Kier molecular flexibility index (Phi) is 6.01. The third-order valence-corrected chi connectivity index (χ3v) is 7.04. The molecule has 3 aromatic rings. The summed E-state index contributed by atoms with van der Waals surface area (Å²) in [6.45, 7) is 4.44. The number of phenols is 1. The molecule has 6 rings (SSSR count). The quantitative estimate of drug-likeness (QED) is 0.605. The largest absolute Gasteiger partial charge is 0.508 e. The van der Waals surface area contributed by atoms with Gasteiger partial charge in [0.15, 0.2) is 0 Å². The van der Waals surface area contributed by atoms with Gasteiger partial charge in [0.1, 0.15) is 5.75 Å². The molecule has 3 saturated heterocycles. The van der Waals surface area contributed by atoms with Gasteiger partial charge in [-0.05, 0) is 61.1 Å². The van der Waals surface area contributed by atoms with E-state index in [-0.39, 0.29) is 24.2 Å². The molecule has 1 aromatic heterocycles. The van der Waals surface area contributed by atoms with Crippen molar-refractivity contribution in [3.8, 4) is 17.0 Å². The van der Waals surface area contributed by atoms with Gasteiger partial charge in [0.05, 0.1) is 17.3 Å². The molecule has 3 fully saturated rings. The zero-order valence-electron chi connectivity index (χ0n) is 17.2. The van der Waals surface area contributed by atoms with Gasteiger partial charge >= 0.3 is 0 Å². The van der Waals surface area contributed by atoms with Gasteiger partial charge < -0.3 is 10.2 Å². The molecule has 158 valence electrons. The number of hydrogen-bond donors (Lipinski definition) is 2. The summed E-state index contributed by atoms with van der Waals surface area (Å²) in [4.78, 5) is 7.29. The van der Waals surface area contributed by atoms with Gasteiger partial charge in [-0.15, -0.1) is 12.4 Å². The number of hydrogen-bond acceptors (Lipinski definition) is 4. The minimum atomic E-state index is -0.592. The van der Waals surface area contributed by atoms with Crippen LogP contribution in [-0.2, 0) is 0 Å². The second-order valence-corrected chi connectivity index (χ2v) is 8.62. The Balaban J connectivity index is 0.00000218. The first-order chi connectivity index (χ1) is 14.1. The Bertz CT molecular complexity index is 1030. The van der Waals surface area contributed by atoms with Gasteiger partial charge in [-0.2, -0.15) is 0 Å². The van der Waals surface area contributed by atoms with Crippen LogP contribution in [0.15, 0.2) is 54.6 Å². The minimum Gasteiger partial charge on any atom is -0.508 e. The highest BCUT2D eigenvalue weighted by Gasteiger charge is 2.42. The number of aliphatic hydroxyl groups excluding tert-OH is 1. The fourth-order valence-electron chi connectivity index (χ4n) is 5.42. The highest BCUT2D eigenvalue weighted by molar-refractivity contribution is 5.87. The lowest BCUT2D eigenvalue weighted by atomic mass is 9.72. The maximum atomic E-state index is 11.5. The summed E-state index contributed by atoms with van der Waals surface area (Å²) in [5.74, 6) is 1.67. The van der Waals surface area contributed by atoms with Crippen LogP contribution < -0.4 is 0 Å². The van der Waals surface area contributed by atoms with Crippen LogP contribution in [0.2, 0.25) is 0 Å². The molecule has 2 aromatic carbocycles. The zero-order valence-corrected chi connectivity index (χ0v) is 18.1. The first-order valence-corrected chi connectivity index (χ1v) is 10.7. The SMILES string of the molecule is CC[C@H]1CN2CC[C@H]1C[C@H]2[C@H](O)c1cc(-c2ccccc2)nc2ccc(O)cc12.Cl. The van der Waals surface area contributed by atoms with Crippen LogP contribution >= 0.6 is 12.4 Å². The number of nitrogens with zero attached hydrogens (tertiary/aromatic N) is 2. The average molecular weight is 425 g/mol. The van der Waals surface area contributed by atoms with Crippen molar-refractivity contribution in [3.63, 3.8) is 0 Å². The number of benzene rings is 2. The van der Waals surface area contributed by atoms with E-state index in [0.29, 0.717) is 5.92 Å². The van der Waals surface area contributed by atoms with Crippen LogP contribution in [0.25, 0.3) is 22.2 Å². The monoisotopic (exact) mass is 424 g/mol. The predicted octanol–water partition coefficient (Wildman–Crippen LogP) is 5.18. The Morgan fingerprint density at radius 2 is 1.93 bits per heavy atom. The van der Waals surface area contributed by atoms with Gasteiger partial charge in [-0.1, -0.05) is 43.7 Å². The summed E-state index contributed by atoms with van der Waals surface area (Å²) in [5, 5.41) is 22.5. The fraction of sp³-hybridized carbons (Fsp3) is 0.400. The number of fused-ring (bicyclic) bond motifs is 4. The van der Waals surface area contributed by atoms with Crippen molar-refractivity contribution in [3.05, 3.63) is 60.2 Å². The van der Waals surface area contributed by atoms with Crippen LogP contribution in [0, 0.1) is 11.8 Å². The standard InChI is InChI=1S/C25H28N2O2.ClH/c1-2-16-15-27-11-10-18(16)12-24(27)25(29)21-14-23(17-6-4-3-5-7-17)26-22-9-8-19(28)13-20(21)22;/h3-9,13-14,16,18,24-25,28-29H,2,10-12,15H2,1H3;1H/t16-,18-,24-,25+;/m0./s1. The average Bonchev–Trinajstić information content (AvgIpc) is 2.78. The lowest BCUT2D eigenvalue weighted by molar-refractivity contribution is -0.0562. The molecule has 0 amide bonds. The molecule has 2 bridgehead atoms. The van der Waals surface area contributed by atoms with Crippen molar-refractivity contribution in [2.75, 3.05) is 13.1 Å². The Morgan fingerprint density at radius 3 is 2.63 bits per heavy atom. The molecule has 0 aliphatic carbocycles. The van der Waals surface area contributed by atoms with Crippen molar-refractivity contribution in [1.29, 1.82) is 0 Å². The smallest absolute Gasteiger partial charge is 0.116 e. The molecule has 3 aliphatic rings. The Morgan fingerprint density at radius 1 is 1.13 bits per heavy atom. The van der Waals surface area contributed by atoms with E-state index in [9.17, 15) is 10.2 Å². The van der Waals surface area contributed by atoms with E-state index in [0.717, 1.165) is 53.2 Å². The van der Waals surface area contributed by atoms with Gasteiger partial charge in [0.25, 0.3) is 0 Å². The summed E-state index contributed by atoms with van der Waals surface area (Å²) in [6, 6.07) is 17.5. The van der Waals surface area contributed by atoms with E-state index >= 15 is 0 Å². The number of halogens is 1. The van der Waals surface area contributed by atoms with Gasteiger partial charge in [-0.3, -0.25) is 4.90 Å². The highest BCUT2D eigenvalue weighted by atomic mass is 35.5. The van der Waals surface area contributed by atoms with Crippen molar-refractivity contribution >= 4 is 23.3 Å². The number of piperidine rings is 3. The molecular weight excluding hydrogens is 396 g/mol. The lowest BCUT2D eigenvalue weighted by Gasteiger charge is -2.51.